The molecule has 2 aromatic heterocycles. The molecule has 0 amide bonds. The van der Waals surface area contributed by atoms with Crippen molar-refractivity contribution < 1.29 is 9.47 Å². The van der Waals surface area contributed by atoms with E-state index in [2.05, 4.69) is 89.3 Å². The molecule has 0 bridgehead atoms. The summed E-state index contributed by atoms with van der Waals surface area (Å²) in [6.07, 6.45) is 0. The highest BCUT2D eigenvalue weighted by Gasteiger charge is 2.15. The highest BCUT2D eigenvalue weighted by Crippen LogP contribution is 2.31. The zero-order valence-electron chi connectivity index (χ0n) is 29.0. The van der Waals surface area contributed by atoms with Crippen molar-refractivity contribution in [1.29, 1.82) is 0 Å². The van der Waals surface area contributed by atoms with Gasteiger partial charge in [-0.05, 0) is 88.1 Å². The zero-order valence-corrected chi connectivity index (χ0v) is 29.0. The van der Waals surface area contributed by atoms with Gasteiger partial charge in [-0.2, -0.15) is 29.9 Å². The minimum Gasteiger partial charge on any atom is -0.424 e. The molecule has 0 radical (unpaired) electrons. The molecule has 0 spiro atoms. The van der Waals surface area contributed by atoms with E-state index in [4.69, 9.17) is 9.47 Å². The fraction of sp³-hybridized carbons (Fsp3) is 0.211. The number of para-hydroxylation sites is 2. The summed E-state index contributed by atoms with van der Waals surface area (Å²) in [6.45, 7) is 13.0. The van der Waals surface area contributed by atoms with Crippen LogP contribution in [0.1, 0.15) is 33.4 Å². The average molecular weight is 669 g/mol. The number of aromatic nitrogens is 6. The summed E-state index contributed by atoms with van der Waals surface area (Å²) in [4.78, 5) is 27.4. The van der Waals surface area contributed by atoms with E-state index in [0.29, 0.717) is 48.4 Å². The Labute approximate surface area is 291 Å². The van der Waals surface area contributed by atoms with Crippen molar-refractivity contribution in [2.45, 2.75) is 41.5 Å². The van der Waals surface area contributed by atoms with Crippen molar-refractivity contribution in [1.82, 2.24) is 29.9 Å². The van der Waals surface area contributed by atoms with Crippen LogP contribution in [0.5, 0.6) is 23.5 Å². The Bertz CT molecular complexity index is 1900. The summed E-state index contributed by atoms with van der Waals surface area (Å²) in [6, 6.07) is 28.0. The van der Waals surface area contributed by atoms with Crippen molar-refractivity contribution in [3.05, 3.63) is 118 Å². The lowest BCUT2D eigenvalue weighted by molar-refractivity contribution is 0.434. The number of rotatable bonds is 13. The Hall–Kier alpha value is -6.30. The van der Waals surface area contributed by atoms with Gasteiger partial charge in [0.15, 0.2) is 0 Å². The van der Waals surface area contributed by atoms with Gasteiger partial charge in [0.25, 0.3) is 0 Å². The first-order valence-electron chi connectivity index (χ1n) is 16.3. The fourth-order valence-electron chi connectivity index (χ4n) is 5.56. The second-order valence-electron chi connectivity index (χ2n) is 12.0. The average Bonchev–Trinajstić information content (AvgIpc) is 3.07. The van der Waals surface area contributed by atoms with Crippen LogP contribution in [0.4, 0.5) is 35.2 Å². The first-order valence-corrected chi connectivity index (χ1v) is 16.3. The quantitative estimate of drug-likeness (QED) is 0.0876. The Kier molecular flexibility index (Phi) is 10.3. The number of aryl methyl sites for hydroxylation is 6. The molecule has 0 saturated carbocycles. The number of nitrogens with one attached hydrogen (secondary N) is 4. The van der Waals surface area contributed by atoms with Crippen LogP contribution in [0.15, 0.2) is 84.9 Å². The van der Waals surface area contributed by atoms with Crippen molar-refractivity contribution in [2.24, 2.45) is 0 Å². The van der Waals surface area contributed by atoms with Gasteiger partial charge in [-0.15, -0.1) is 0 Å². The van der Waals surface area contributed by atoms with Crippen LogP contribution in [-0.4, -0.2) is 43.0 Å². The molecule has 0 saturated heterocycles. The number of nitrogens with zero attached hydrogens (tertiary/aromatic N) is 6. The summed E-state index contributed by atoms with van der Waals surface area (Å²) >= 11 is 0. The standard InChI is InChI=1S/C38H40N10O2/c1-23-19-25(3)31(26(4)20-23)49-37-45-33(43-35(47-37)41-29-13-9-7-10-14-29)39-17-18-40-34-44-36(42-30-15-11-8-12-16-30)48-38(46-34)50-32-27(5)21-24(2)22-28(32)6/h7-16,19-22H,17-18H2,1-6H3,(H2,39,41,43,45,47)(H2,40,42,44,46,48). The number of benzene rings is 4. The SMILES string of the molecule is Cc1cc(C)c(Oc2nc(NCCNc3nc(Nc4ccccc4)nc(Oc4c(C)cc(C)cc4C)n3)nc(Nc3ccccc3)n2)c(C)c1. The zero-order chi connectivity index (χ0) is 35.0. The van der Waals surface area contributed by atoms with Crippen LogP contribution in [0.25, 0.3) is 0 Å². The molecule has 0 unspecified atom stereocenters. The van der Waals surface area contributed by atoms with Crippen LogP contribution >= 0.6 is 0 Å². The van der Waals surface area contributed by atoms with Crippen LogP contribution < -0.4 is 30.7 Å². The number of anilines is 6. The molecule has 6 rings (SSSR count). The minimum absolute atomic E-state index is 0.168. The monoisotopic (exact) mass is 668 g/mol. The first-order chi connectivity index (χ1) is 24.2. The van der Waals surface area contributed by atoms with E-state index in [0.717, 1.165) is 44.8 Å². The van der Waals surface area contributed by atoms with Crippen molar-refractivity contribution in [3.63, 3.8) is 0 Å². The van der Waals surface area contributed by atoms with Gasteiger partial charge in [0.05, 0.1) is 0 Å². The smallest absolute Gasteiger partial charge is 0.328 e. The second-order valence-corrected chi connectivity index (χ2v) is 12.0. The maximum Gasteiger partial charge on any atom is 0.328 e. The molecule has 0 atom stereocenters. The van der Waals surface area contributed by atoms with Crippen LogP contribution in [0, 0.1) is 41.5 Å². The van der Waals surface area contributed by atoms with Gasteiger partial charge in [-0.3, -0.25) is 0 Å². The summed E-state index contributed by atoms with van der Waals surface area (Å²) < 4.78 is 12.5. The lowest BCUT2D eigenvalue weighted by atomic mass is 10.1. The van der Waals surface area contributed by atoms with Gasteiger partial charge >= 0.3 is 12.0 Å². The van der Waals surface area contributed by atoms with Crippen LogP contribution in [-0.2, 0) is 0 Å². The van der Waals surface area contributed by atoms with Crippen molar-refractivity contribution in [3.8, 4) is 23.5 Å². The van der Waals surface area contributed by atoms with Gasteiger partial charge < -0.3 is 30.7 Å². The molecular formula is C38H40N10O2. The van der Waals surface area contributed by atoms with E-state index < -0.39 is 0 Å². The predicted molar refractivity (Wildman–Crippen MR) is 198 cm³/mol. The van der Waals surface area contributed by atoms with E-state index in [1.807, 2.05) is 88.4 Å². The molecule has 0 aliphatic carbocycles. The molecule has 4 N–H and O–H groups in total. The molecular weight excluding hydrogens is 628 g/mol. The molecule has 6 aromatic rings. The molecule has 0 fully saturated rings. The maximum atomic E-state index is 6.23. The topological polar surface area (TPSA) is 144 Å². The van der Waals surface area contributed by atoms with E-state index in [9.17, 15) is 0 Å². The first kappa shape index (κ1) is 33.6. The van der Waals surface area contributed by atoms with E-state index in [1.54, 1.807) is 0 Å². The van der Waals surface area contributed by atoms with Gasteiger partial charge in [0.2, 0.25) is 23.8 Å². The molecule has 2 heterocycles. The molecule has 0 aliphatic heterocycles. The number of hydrogen-bond acceptors (Lipinski definition) is 12. The molecule has 12 nitrogen and oxygen atoms in total. The van der Waals surface area contributed by atoms with Crippen LogP contribution in [0.3, 0.4) is 0 Å². The van der Waals surface area contributed by atoms with Gasteiger partial charge in [-0.25, -0.2) is 0 Å². The largest absolute Gasteiger partial charge is 0.424 e. The Morgan fingerprint density at radius 1 is 0.440 bits per heavy atom. The third kappa shape index (κ3) is 8.78. The predicted octanol–water partition coefficient (Wildman–Crippen LogP) is 8.50. The minimum atomic E-state index is 0.168. The van der Waals surface area contributed by atoms with E-state index >= 15 is 0 Å². The van der Waals surface area contributed by atoms with Gasteiger partial charge in [0, 0.05) is 24.5 Å². The summed E-state index contributed by atoms with van der Waals surface area (Å²) in [7, 11) is 0. The van der Waals surface area contributed by atoms with E-state index in [1.165, 1.54) is 0 Å². The Morgan fingerprint density at radius 3 is 1.14 bits per heavy atom. The Morgan fingerprint density at radius 2 is 0.780 bits per heavy atom. The molecule has 12 heteroatoms. The molecule has 254 valence electrons. The van der Waals surface area contributed by atoms with Gasteiger partial charge in [-0.1, -0.05) is 71.8 Å². The normalized spacial score (nSPS) is 10.8. The van der Waals surface area contributed by atoms with Gasteiger partial charge in [0.1, 0.15) is 11.5 Å². The molecule has 50 heavy (non-hydrogen) atoms. The summed E-state index contributed by atoms with van der Waals surface area (Å²) in [5.74, 6) is 2.80. The van der Waals surface area contributed by atoms with Crippen LogP contribution in [0.2, 0.25) is 0 Å². The third-order valence-electron chi connectivity index (χ3n) is 7.58. The van der Waals surface area contributed by atoms with Crippen molar-refractivity contribution in [2.75, 3.05) is 34.4 Å². The van der Waals surface area contributed by atoms with Crippen molar-refractivity contribution >= 4 is 35.2 Å². The second kappa shape index (κ2) is 15.3. The Balaban J connectivity index is 1.20. The highest BCUT2D eigenvalue weighted by atomic mass is 16.5. The van der Waals surface area contributed by atoms with E-state index in [-0.39, 0.29) is 12.0 Å². The number of hydrogen-bond donors (Lipinski definition) is 4. The summed E-state index contributed by atoms with van der Waals surface area (Å²) in [5.41, 5.74) is 7.96. The molecule has 4 aromatic carbocycles. The third-order valence-corrected chi connectivity index (χ3v) is 7.58. The molecule has 0 aliphatic rings. The fourth-order valence-corrected chi connectivity index (χ4v) is 5.56. The summed E-state index contributed by atoms with van der Waals surface area (Å²) in [5, 5.41) is 13.0. The lowest BCUT2D eigenvalue weighted by Gasteiger charge is -2.15. The maximum absolute atomic E-state index is 6.23. The lowest BCUT2D eigenvalue weighted by Crippen LogP contribution is -2.18. The number of ether oxygens (including phenoxy) is 2. The highest BCUT2D eigenvalue weighted by molar-refractivity contribution is 5.56.